The van der Waals surface area contributed by atoms with Crippen molar-refractivity contribution in [1.29, 1.82) is 0 Å². The fraction of sp³-hybridized carbons (Fsp3) is 0.471. The van der Waals surface area contributed by atoms with E-state index in [4.69, 9.17) is 0 Å². The Kier molecular flexibility index (Phi) is 3.62. The van der Waals surface area contributed by atoms with E-state index in [1.807, 2.05) is 6.20 Å². The molecule has 0 fully saturated rings. The highest BCUT2D eigenvalue weighted by molar-refractivity contribution is 5.34. The minimum Gasteiger partial charge on any atom is -0.348 e. The summed E-state index contributed by atoms with van der Waals surface area (Å²) in [5, 5.41) is 3.76. The molecule has 1 aliphatic rings. The first-order valence-electron chi connectivity index (χ1n) is 7.45. The largest absolute Gasteiger partial charge is 0.348 e. The predicted molar refractivity (Wildman–Crippen MR) is 81.6 cm³/mol. The third-order valence-electron chi connectivity index (χ3n) is 4.48. The summed E-state index contributed by atoms with van der Waals surface area (Å²) >= 11 is 0. The maximum absolute atomic E-state index is 4.07. The molecule has 3 rings (SSSR count). The Hall–Kier alpha value is -1.61. The zero-order chi connectivity index (χ0) is 14.0. The molecule has 0 radical (unpaired) electrons. The first-order chi connectivity index (χ1) is 9.67. The van der Waals surface area contributed by atoms with Crippen LogP contribution in [0.1, 0.15) is 43.1 Å². The molecule has 1 aromatic carbocycles. The predicted octanol–water partition coefficient (Wildman–Crippen LogP) is 3.26. The molecule has 3 heteroatoms. The van der Waals surface area contributed by atoms with Crippen LogP contribution in [-0.2, 0) is 12.8 Å². The standard InChI is InChI=1S/C17H23N3/c1-17(2)9-7-13-5-3-4-6-15(13)16(17)19-10-8-14-11-18-12-20-14/h3-6,11-12,16,19H,7-10H2,1-2H3,(H,18,20). The van der Waals surface area contributed by atoms with Crippen molar-refractivity contribution in [3.05, 3.63) is 53.6 Å². The number of imidazole rings is 1. The summed E-state index contributed by atoms with van der Waals surface area (Å²) in [7, 11) is 0. The number of aryl methyl sites for hydroxylation is 1. The second-order valence-electron chi connectivity index (χ2n) is 6.40. The van der Waals surface area contributed by atoms with Gasteiger partial charge in [-0.2, -0.15) is 0 Å². The van der Waals surface area contributed by atoms with Crippen molar-refractivity contribution in [2.75, 3.05) is 6.54 Å². The van der Waals surface area contributed by atoms with Crippen LogP contribution in [0.5, 0.6) is 0 Å². The number of nitrogens with zero attached hydrogens (tertiary/aromatic N) is 1. The highest BCUT2D eigenvalue weighted by Crippen LogP contribution is 2.43. The highest BCUT2D eigenvalue weighted by Gasteiger charge is 2.35. The Bertz CT molecular complexity index is 557. The van der Waals surface area contributed by atoms with Crippen molar-refractivity contribution in [1.82, 2.24) is 15.3 Å². The third kappa shape index (κ3) is 2.63. The van der Waals surface area contributed by atoms with Gasteiger partial charge in [0.1, 0.15) is 0 Å². The highest BCUT2D eigenvalue weighted by atomic mass is 14.9. The van der Waals surface area contributed by atoms with E-state index in [9.17, 15) is 0 Å². The number of rotatable bonds is 4. The van der Waals surface area contributed by atoms with E-state index in [1.165, 1.54) is 29.7 Å². The maximum Gasteiger partial charge on any atom is 0.0921 e. The van der Waals surface area contributed by atoms with Crippen LogP contribution in [0.15, 0.2) is 36.8 Å². The van der Waals surface area contributed by atoms with E-state index in [1.54, 1.807) is 6.33 Å². The van der Waals surface area contributed by atoms with Gasteiger partial charge in [-0.25, -0.2) is 4.98 Å². The summed E-state index contributed by atoms with van der Waals surface area (Å²) in [4.78, 5) is 7.23. The van der Waals surface area contributed by atoms with Crippen molar-refractivity contribution in [3.63, 3.8) is 0 Å². The molecule has 2 aromatic rings. The molecule has 0 spiro atoms. The summed E-state index contributed by atoms with van der Waals surface area (Å²) in [5.41, 5.74) is 4.49. The van der Waals surface area contributed by atoms with E-state index in [0.29, 0.717) is 11.5 Å². The lowest BCUT2D eigenvalue weighted by Gasteiger charge is -2.40. The number of H-pyrrole nitrogens is 1. The average Bonchev–Trinajstić information content (AvgIpc) is 2.94. The molecule has 0 saturated carbocycles. The number of benzene rings is 1. The number of fused-ring (bicyclic) bond motifs is 1. The summed E-state index contributed by atoms with van der Waals surface area (Å²) < 4.78 is 0. The van der Waals surface area contributed by atoms with E-state index in [-0.39, 0.29) is 0 Å². The van der Waals surface area contributed by atoms with Crippen molar-refractivity contribution in [2.45, 2.75) is 39.2 Å². The minimum absolute atomic E-state index is 0.308. The third-order valence-corrected chi connectivity index (χ3v) is 4.48. The number of aromatic nitrogens is 2. The van der Waals surface area contributed by atoms with Crippen LogP contribution in [0.2, 0.25) is 0 Å². The van der Waals surface area contributed by atoms with Gasteiger partial charge in [-0.15, -0.1) is 0 Å². The van der Waals surface area contributed by atoms with Crippen LogP contribution in [0.4, 0.5) is 0 Å². The van der Waals surface area contributed by atoms with Gasteiger partial charge in [-0.3, -0.25) is 0 Å². The van der Waals surface area contributed by atoms with Crippen molar-refractivity contribution < 1.29 is 0 Å². The smallest absolute Gasteiger partial charge is 0.0921 e. The topological polar surface area (TPSA) is 40.7 Å². The Balaban J connectivity index is 1.72. The lowest BCUT2D eigenvalue weighted by Crippen LogP contribution is -2.39. The quantitative estimate of drug-likeness (QED) is 0.894. The summed E-state index contributed by atoms with van der Waals surface area (Å²) in [6.45, 7) is 5.72. The lowest BCUT2D eigenvalue weighted by atomic mass is 9.70. The molecular formula is C17H23N3. The summed E-state index contributed by atoms with van der Waals surface area (Å²) in [5.74, 6) is 0. The molecule has 0 saturated heterocycles. The van der Waals surface area contributed by atoms with Gasteiger partial charge in [0, 0.05) is 30.9 Å². The Labute approximate surface area is 120 Å². The van der Waals surface area contributed by atoms with Crippen LogP contribution in [-0.4, -0.2) is 16.5 Å². The second-order valence-corrected chi connectivity index (χ2v) is 6.40. The van der Waals surface area contributed by atoms with E-state index >= 15 is 0 Å². The fourth-order valence-corrected chi connectivity index (χ4v) is 3.22. The number of hydrogen-bond acceptors (Lipinski definition) is 2. The molecule has 1 aliphatic carbocycles. The summed E-state index contributed by atoms with van der Waals surface area (Å²) in [6.07, 6.45) is 7.08. The van der Waals surface area contributed by atoms with Gasteiger partial charge < -0.3 is 10.3 Å². The van der Waals surface area contributed by atoms with E-state index in [0.717, 1.165) is 13.0 Å². The Morgan fingerprint density at radius 3 is 3.00 bits per heavy atom. The van der Waals surface area contributed by atoms with Crippen LogP contribution < -0.4 is 5.32 Å². The molecule has 1 atom stereocenters. The lowest BCUT2D eigenvalue weighted by molar-refractivity contribution is 0.210. The summed E-state index contributed by atoms with van der Waals surface area (Å²) in [6, 6.07) is 9.30. The molecule has 106 valence electrons. The average molecular weight is 269 g/mol. The minimum atomic E-state index is 0.308. The van der Waals surface area contributed by atoms with Gasteiger partial charge in [0.15, 0.2) is 0 Å². The molecule has 0 aliphatic heterocycles. The van der Waals surface area contributed by atoms with Crippen LogP contribution in [0.3, 0.4) is 0 Å². The van der Waals surface area contributed by atoms with Gasteiger partial charge >= 0.3 is 0 Å². The molecule has 20 heavy (non-hydrogen) atoms. The molecule has 1 heterocycles. The SMILES string of the molecule is CC1(C)CCc2ccccc2C1NCCc1cnc[nH]1. The normalized spacial score (nSPS) is 20.6. The second kappa shape index (κ2) is 5.41. The van der Waals surface area contributed by atoms with E-state index < -0.39 is 0 Å². The molecule has 2 N–H and O–H groups in total. The van der Waals surface area contributed by atoms with Crippen LogP contribution >= 0.6 is 0 Å². The molecule has 1 unspecified atom stereocenters. The van der Waals surface area contributed by atoms with Gasteiger partial charge in [-0.05, 0) is 29.4 Å². The van der Waals surface area contributed by atoms with Gasteiger partial charge in [0.2, 0.25) is 0 Å². The van der Waals surface area contributed by atoms with Crippen molar-refractivity contribution >= 4 is 0 Å². The van der Waals surface area contributed by atoms with Crippen molar-refractivity contribution in [2.24, 2.45) is 5.41 Å². The number of hydrogen-bond donors (Lipinski definition) is 2. The Morgan fingerprint density at radius 2 is 2.20 bits per heavy atom. The molecule has 3 nitrogen and oxygen atoms in total. The molecular weight excluding hydrogens is 246 g/mol. The zero-order valence-corrected chi connectivity index (χ0v) is 12.3. The van der Waals surface area contributed by atoms with Gasteiger partial charge in [-0.1, -0.05) is 38.1 Å². The Morgan fingerprint density at radius 1 is 1.35 bits per heavy atom. The monoisotopic (exact) mass is 269 g/mol. The van der Waals surface area contributed by atoms with Crippen molar-refractivity contribution in [3.8, 4) is 0 Å². The van der Waals surface area contributed by atoms with Gasteiger partial charge in [0.05, 0.1) is 6.33 Å². The fourth-order valence-electron chi connectivity index (χ4n) is 3.22. The first kappa shape index (κ1) is 13.4. The molecule has 0 amide bonds. The van der Waals surface area contributed by atoms with Gasteiger partial charge in [0.25, 0.3) is 0 Å². The molecule has 0 bridgehead atoms. The number of aromatic amines is 1. The number of nitrogens with one attached hydrogen (secondary N) is 2. The van der Waals surface area contributed by atoms with E-state index in [2.05, 4.69) is 53.4 Å². The maximum atomic E-state index is 4.07. The molecule has 1 aromatic heterocycles. The first-order valence-corrected chi connectivity index (χ1v) is 7.45. The zero-order valence-electron chi connectivity index (χ0n) is 12.3. The van der Waals surface area contributed by atoms with Crippen LogP contribution in [0, 0.1) is 5.41 Å². The van der Waals surface area contributed by atoms with Crippen LogP contribution in [0.25, 0.3) is 0 Å².